The van der Waals surface area contributed by atoms with Gasteiger partial charge in [-0.2, -0.15) is 0 Å². The number of rotatable bonds is 7. The van der Waals surface area contributed by atoms with Crippen molar-refractivity contribution >= 4 is 24.2 Å². The fourth-order valence-electron chi connectivity index (χ4n) is 3.23. The highest BCUT2D eigenvalue weighted by atomic mass is 35.5. The van der Waals surface area contributed by atoms with Crippen LogP contribution in [-0.4, -0.2) is 37.5 Å². The number of benzene rings is 1. The summed E-state index contributed by atoms with van der Waals surface area (Å²) in [5, 5.41) is 9.32. The van der Waals surface area contributed by atoms with Gasteiger partial charge >= 0.3 is 0 Å². The van der Waals surface area contributed by atoms with Crippen LogP contribution in [0.3, 0.4) is 0 Å². The minimum atomic E-state index is -0.497. The summed E-state index contributed by atoms with van der Waals surface area (Å²) < 4.78 is 0. The molecular weight excluding hydrogens is 350 g/mol. The Kier molecular flexibility index (Phi) is 9.66. The molecule has 2 atom stereocenters. The van der Waals surface area contributed by atoms with Gasteiger partial charge in [-0.25, -0.2) is 0 Å². The molecule has 2 rings (SSSR count). The molecule has 6 heteroatoms. The molecule has 1 aliphatic rings. The molecule has 1 heterocycles. The predicted molar refractivity (Wildman–Crippen MR) is 108 cm³/mol. The molecule has 2 amide bonds. The largest absolute Gasteiger partial charge is 0.354 e. The van der Waals surface area contributed by atoms with Crippen LogP contribution in [0.5, 0.6) is 0 Å². The Bertz CT molecular complexity index is 586. The first kappa shape index (κ1) is 22.5. The molecule has 146 valence electrons. The van der Waals surface area contributed by atoms with E-state index in [0.717, 1.165) is 31.5 Å². The summed E-state index contributed by atoms with van der Waals surface area (Å²) in [6.45, 7) is 8.71. The minimum Gasteiger partial charge on any atom is -0.354 e. The quantitative estimate of drug-likeness (QED) is 0.680. The maximum atomic E-state index is 12.6. The molecule has 26 heavy (non-hydrogen) atoms. The van der Waals surface area contributed by atoms with Crippen LogP contribution in [0.2, 0.25) is 0 Å². The molecule has 0 saturated carbocycles. The van der Waals surface area contributed by atoms with E-state index in [4.69, 9.17) is 0 Å². The molecule has 0 bridgehead atoms. The second kappa shape index (κ2) is 11.2. The SMILES string of the molecule is Cc1ccccc1C(=O)NC(CC(C)C)C(=O)NCC1CCCNC1.Cl. The van der Waals surface area contributed by atoms with Gasteiger partial charge in [0.15, 0.2) is 0 Å². The van der Waals surface area contributed by atoms with Crippen LogP contribution >= 0.6 is 12.4 Å². The van der Waals surface area contributed by atoms with Gasteiger partial charge in [-0.3, -0.25) is 9.59 Å². The number of hydrogen-bond acceptors (Lipinski definition) is 3. The molecule has 2 unspecified atom stereocenters. The number of aryl methyl sites for hydroxylation is 1. The zero-order valence-electron chi connectivity index (χ0n) is 16.0. The standard InChI is InChI=1S/C20H31N3O2.ClH/c1-14(2)11-18(20(25)22-13-16-8-6-10-21-12-16)23-19(24)17-9-5-4-7-15(17)3;/h4-5,7,9,14,16,18,21H,6,8,10-13H2,1-3H3,(H,22,25)(H,23,24);1H. The summed E-state index contributed by atoms with van der Waals surface area (Å²) in [5.74, 6) is 0.535. The number of carbonyl (C=O) groups is 2. The highest BCUT2D eigenvalue weighted by Crippen LogP contribution is 2.11. The lowest BCUT2D eigenvalue weighted by Crippen LogP contribution is -2.49. The Hall–Kier alpha value is -1.59. The van der Waals surface area contributed by atoms with Gasteiger partial charge in [-0.05, 0) is 62.7 Å². The lowest BCUT2D eigenvalue weighted by molar-refractivity contribution is -0.123. The second-order valence-electron chi connectivity index (χ2n) is 7.43. The maximum Gasteiger partial charge on any atom is 0.252 e. The summed E-state index contributed by atoms with van der Waals surface area (Å²) in [6.07, 6.45) is 2.92. The average molecular weight is 382 g/mol. The first-order valence-electron chi connectivity index (χ1n) is 9.32. The van der Waals surface area contributed by atoms with Crippen molar-refractivity contribution in [3.8, 4) is 0 Å². The van der Waals surface area contributed by atoms with Gasteiger partial charge in [0.1, 0.15) is 6.04 Å². The van der Waals surface area contributed by atoms with Crippen LogP contribution in [0, 0.1) is 18.8 Å². The molecule has 0 radical (unpaired) electrons. The zero-order chi connectivity index (χ0) is 18.2. The second-order valence-corrected chi connectivity index (χ2v) is 7.43. The van der Waals surface area contributed by atoms with E-state index >= 15 is 0 Å². The van der Waals surface area contributed by atoms with Crippen molar-refractivity contribution in [2.24, 2.45) is 11.8 Å². The molecule has 1 aliphatic heterocycles. The van der Waals surface area contributed by atoms with Crippen molar-refractivity contribution in [3.63, 3.8) is 0 Å². The van der Waals surface area contributed by atoms with Crippen molar-refractivity contribution in [2.45, 2.75) is 46.1 Å². The number of amides is 2. The van der Waals surface area contributed by atoms with Crippen LogP contribution in [0.15, 0.2) is 24.3 Å². The average Bonchev–Trinajstić information content (AvgIpc) is 2.60. The molecule has 0 aliphatic carbocycles. The van der Waals surface area contributed by atoms with E-state index in [0.29, 0.717) is 30.4 Å². The third-order valence-corrected chi connectivity index (χ3v) is 4.68. The van der Waals surface area contributed by atoms with Gasteiger partial charge in [-0.1, -0.05) is 32.0 Å². The van der Waals surface area contributed by atoms with Gasteiger partial charge in [0, 0.05) is 12.1 Å². The molecule has 1 aromatic carbocycles. The number of piperidine rings is 1. The lowest BCUT2D eigenvalue weighted by Gasteiger charge is -2.25. The van der Waals surface area contributed by atoms with Crippen LogP contribution in [0.4, 0.5) is 0 Å². The first-order chi connectivity index (χ1) is 12.0. The number of nitrogens with one attached hydrogen (secondary N) is 3. The third-order valence-electron chi connectivity index (χ3n) is 4.68. The Morgan fingerprint density at radius 1 is 1.27 bits per heavy atom. The molecule has 3 N–H and O–H groups in total. The van der Waals surface area contributed by atoms with E-state index in [9.17, 15) is 9.59 Å². The van der Waals surface area contributed by atoms with E-state index in [1.165, 1.54) is 0 Å². The minimum absolute atomic E-state index is 0. The van der Waals surface area contributed by atoms with Crippen molar-refractivity contribution in [2.75, 3.05) is 19.6 Å². The summed E-state index contributed by atoms with van der Waals surface area (Å²) in [5.41, 5.74) is 1.54. The van der Waals surface area contributed by atoms with Crippen LogP contribution in [0.25, 0.3) is 0 Å². The highest BCUT2D eigenvalue weighted by molar-refractivity contribution is 5.98. The lowest BCUT2D eigenvalue weighted by atomic mass is 9.98. The van der Waals surface area contributed by atoms with Gasteiger partial charge in [0.25, 0.3) is 5.91 Å². The molecule has 1 aromatic rings. The van der Waals surface area contributed by atoms with Crippen molar-refractivity contribution in [1.29, 1.82) is 0 Å². The first-order valence-corrected chi connectivity index (χ1v) is 9.32. The van der Waals surface area contributed by atoms with E-state index in [2.05, 4.69) is 29.8 Å². The smallest absolute Gasteiger partial charge is 0.252 e. The monoisotopic (exact) mass is 381 g/mol. The summed E-state index contributed by atoms with van der Waals surface area (Å²) in [7, 11) is 0. The summed E-state index contributed by atoms with van der Waals surface area (Å²) in [6, 6.07) is 6.95. The Balaban J connectivity index is 0.00000338. The third kappa shape index (κ3) is 6.96. The van der Waals surface area contributed by atoms with Gasteiger partial charge in [-0.15, -0.1) is 12.4 Å². The Morgan fingerprint density at radius 2 is 2.00 bits per heavy atom. The fourth-order valence-corrected chi connectivity index (χ4v) is 3.23. The van der Waals surface area contributed by atoms with E-state index < -0.39 is 6.04 Å². The summed E-state index contributed by atoms with van der Waals surface area (Å²) in [4.78, 5) is 25.2. The Labute approximate surface area is 163 Å². The van der Waals surface area contributed by atoms with Crippen molar-refractivity contribution < 1.29 is 9.59 Å². The van der Waals surface area contributed by atoms with Crippen LogP contribution < -0.4 is 16.0 Å². The van der Waals surface area contributed by atoms with Crippen LogP contribution in [-0.2, 0) is 4.79 Å². The van der Waals surface area contributed by atoms with Crippen LogP contribution in [0.1, 0.15) is 49.0 Å². The van der Waals surface area contributed by atoms with Crippen molar-refractivity contribution in [3.05, 3.63) is 35.4 Å². The number of hydrogen-bond donors (Lipinski definition) is 3. The Morgan fingerprint density at radius 3 is 2.62 bits per heavy atom. The van der Waals surface area contributed by atoms with Crippen molar-refractivity contribution in [1.82, 2.24) is 16.0 Å². The number of halogens is 1. The van der Waals surface area contributed by atoms with E-state index in [-0.39, 0.29) is 24.2 Å². The summed E-state index contributed by atoms with van der Waals surface area (Å²) >= 11 is 0. The highest BCUT2D eigenvalue weighted by Gasteiger charge is 2.24. The van der Waals surface area contributed by atoms with E-state index in [1.54, 1.807) is 6.07 Å². The normalized spacial score (nSPS) is 17.9. The zero-order valence-corrected chi connectivity index (χ0v) is 16.8. The van der Waals surface area contributed by atoms with E-state index in [1.807, 2.05) is 25.1 Å². The topological polar surface area (TPSA) is 70.2 Å². The molecule has 5 nitrogen and oxygen atoms in total. The fraction of sp³-hybridized carbons (Fsp3) is 0.600. The van der Waals surface area contributed by atoms with Gasteiger partial charge in [0.2, 0.25) is 5.91 Å². The number of carbonyl (C=O) groups excluding carboxylic acids is 2. The maximum absolute atomic E-state index is 12.6. The predicted octanol–water partition coefficient (Wildman–Crippen LogP) is 2.68. The molecule has 1 saturated heterocycles. The molecule has 0 aromatic heterocycles. The molecule has 1 fully saturated rings. The molecular formula is C20H32ClN3O2. The molecule has 0 spiro atoms. The van der Waals surface area contributed by atoms with Gasteiger partial charge in [0.05, 0.1) is 0 Å². The van der Waals surface area contributed by atoms with Gasteiger partial charge < -0.3 is 16.0 Å².